The molecule has 1 aromatic heterocycles. The normalized spacial score (nSPS) is 19.7. The van der Waals surface area contributed by atoms with E-state index in [9.17, 15) is 18.0 Å². The third-order valence-electron chi connectivity index (χ3n) is 6.86. The number of carbonyl (C=O) groups is 2. The number of hydrogen-bond donors (Lipinski definition) is 2. The molecule has 2 aromatic rings. The number of benzene rings is 1. The van der Waals surface area contributed by atoms with Gasteiger partial charge in [-0.2, -0.15) is 5.10 Å². The molecule has 35 heavy (non-hydrogen) atoms. The molecule has 186 valence electrons. The van der Waals surface area contributed by atoms with Gasteiger partial charge in [0.15, 0.2) is 16.9 Å². The summed E-state index contributed by atoms with van der Waals surface area (Å²) in [6.45, 7) is 0.478. The number of sulfone groups is 1. The van der Waals surface area contributed by atoms with Gasteiger partial charge in [0.25, 0.3) is 5.91 Å². The van der Waals surface area contributed by atoms with Crippen LogP contribution in [0, 0.1) is 5.40 Å². The van der Waals surface area contributed by atoms with E-state index in [0.717, 1.165) is 10.0 Å². The lowest BCUT2D eigenvalue weighted by molar-refractivity contribution is 0.0372. The molecule has 0 saturated heterocycles. The summed E-state index contributed by atoms with van der Waals surface area (Å²) in [5.41, 5.74) is 4.03. The molecule has 0 radical (unpaired) electrons. The number of amidine groups is 1. The van der Waals surface area contributed by atoms with Gasteiger partial charge in [-0.1, -0.05) is 28.1 Å². The summed E-state index contributed by atoms with van der Waals surface area (Å²) in [5.74, 6) is -0.997. The zero-order valence-corrected chi connectivity index (χ0v) is 21.6. The van der Waals surface area contributed by atoms with E-state index in [4.69, 9.17) is 6.25 Å². The van der Waals surface area contributed by atoms with Crippen LogP contribution in [0.1, 0.15) is 57.8 Å². The SMILES string of the molecule is [H]/N=C(/Cc1ccc(Br)cc1)NOC(=O)c1nn(C)c2c1CCN(CC1(S(=O)(=O)C3CC3)CC1)C2=O. The Kier molecular flexibility index (Phi) is 5.67. The molecule has 5 rings (SSSR count). The van der Waals surface area contributed by atoms with Gasteiger partial charge in [0.05, 0.1) is 10.00 Å². The van der Waals surface area contributed by atoms with Crippen molar-refractivity contribution in [3.63, 3.8) is 0 Å². The van der Waals surface area contributed by atoms with Crippen molar-refractivity contribution >= 4 is 43.5 Å². The standard InChI is InChI=1S/C23H26BrN5O5S/c1-28-20-17(8-11-29(21(20)30)13-23(9-10-23)35(32,33)16-6-7-16)19(26-28)22(31)34-27-18(25)12-14-2-4-15(24)5-3-14/h2-5,16H,6-13H2,1H3,(H2,25,27). The first-order valence-electron chi connectivity index (χ1n) is 11.9. The first-order chi connectivity index (χ1) is 17.1. The van der Waals surface area contributed by atoms with Crippen LogP contribution in [0.3, 0.4) is 0 Å². The van der Waals surface area contributed by atoms with E-state index in [1.54, 1.807) is 11.9 Å². The number of amides is 1. The highest BCUT2D eigenvalue weighted by Gasteiger charge is 2.60. The molecule has 2 N–H and O–H groups in total. The summed E-state index contributed by atoms with van der Waals surface area (Å²) in [4.78, 5) is 32.8. The van der Waals surface area contributed by atoms with Gasteiger partial charge in [-0.3, -0.25) is 14.9 Å². The lowest BCUT2D eigenvalue weighted by Crippen LogP contribution is -2.46. The number of hydroxylamine groups is 1. The van der Waals surface area contributed by atoms with Crippen molar-refractivity contribution in [1.29, 1.82) is 5.40 Å². The lowest BCUT2D eigenvalue weighted by Gasteiger charge is -2.31. The summed E-state index contributed by atoms with van der Waals surface area (Å²) in [5, 5.41) is 7.35. The van der Waals surface area contributed by atoms with Crippen molar-refractivity contribution in [3.8, 4) is 0 Å². The number of halogens is 1. The fraction of sp³-hybridized carbons (Fsp3) is 0.478. The molecule has 0 atom stereocenters. The minimum Gasteiger partial charge on any atom is -0.335 e. The predicted octanol–water partition coefficient (Wildman–Crippen LogP) is 2.17. The zero-order valence-electron chi connectivity index (χ0n) is 20.2. The van der Waals surface area contributed by atoms with Crippen molar-refractivity contribution in [2.24, 2.45) is 7.05 Å². The average molecular weight is 564 g/mol. The summed E-state index contributed by atoms with van der Waals surface area (Å²) >= 11 is 3.36. The summed E-state index contributed by atoms with van der Waals surface area (Å²) in [7, 11) is -1.67. The molecular weight excluding hydrogens is 538 g/mol. The Balaban J connectivity index is 1.26. The fourth-order valence-electron chi connectivity index (χ4n) is 4.62. The van der Waals surface area contributed by atoms with Gasteiger partial charge >= 0.3 is 5.97 Å². The number of carbonyl (C=O) groups excluding carboxylic acids is 2. The molecule has 0 spiro atoms. The van der Waals surface area contributed by atoms with Crippen LogP contribution in [0.5, 0.6) is 0 Å². The number of aromatic nitrogens is 2. The zero-order chi connectivity index (χ0) is 25.7. The maximum Gasteiger partial charge on any atom is 0.383 e. The molecule has 1 aliphatic heterocycles. The molecule has 2 fully saturated rings. The largest absolute Gasteiger partial charge is 0.383 e. The Morgan fingerprint density at radius 2 is 2.06 bits per heavy atom. The van der Waals surface area contributed by atoms with Gasteiger partial charge in [0, 0.05) is 36.6 Å². The summed E-state index contributed by atoms with van der Waals surface area (Å²) < 4.78 is 34.6. The van der Waals surface area contributed by atoms with E-state index in [1.807, 2.05) is 24.3 Å². The third kappa shape index (κ3) is 4.49. The maximum atomic E-state index is 13.3. The molecule has 10 nitrogen and oxygen atoms in total. The third-order valence-corrected chi connectivity index (χ3v) is 10.5. The van der Waals surface area contributed by atoms with Crippen molar-refractivity contribution in [1.82, 2.24) is 20.2 Å². The van der Waals surface area contributed by atoms with E-state index >= 15 is 0 Å². The monoisotopic (exact) mass is 563 g/mol. The van der Waals surface area contributed by atoms with Gasteiger partial charge in [0.2, 0.25) is 0 Å². The Morgan fingerprint density at radius 1 is 1.34 bits per heavy atom. The predicted molar refractivity (Wildman–Crippen MR) is 131 cm³/mol. The topological polar surface area (TPSA) is 134 Å². The van der Waals surface area contributed by atoms with E-state index in [-0.39, 0.29) is 41.3 Å². The first-order valence-corrected chi connectivity index (χ1v) is 13.8. The number of hydrogen-bond acceptors (Lipinski definition) is 7. The highest BCUT2D eigenvalue weighted by molar-refractivity contribution is 9.10. The first kappa shape index (κ1) is 22.7. The molecule has 1 amide bonds. The van der Waals surface area contributed by atoms with Crippen molar-refractivity contribution < 1.29 is 24.3 Å². The quantitative estimate of drug-likeness (QED) is 0.299. The fourth-order valence-corrected chi connectivity index (χ4v) is 7.36. The lowest BCUT2D eigenvalue weighted by atomic mass is 10.0. The van der Waals surface area contributed by atoms with Crippen LogP contribution >= 0.6 is 15.9 Å². The Hall–Kier alpha value is -2.73. The smallest absolute Gasteiger partial charge is 0.335 e. The highest BCUT2D eigenvalue weighted by Crippen LogP contribution is 2.50. The van der Waals surface area contributed by atoms with Crippen LogP contribution in [-0.4, -0.2) is 63.9 Å². The van der Waals surface area contributed by atoms with E-state index in [2.05, 4.69) is 31.9 Å². The Labute approximate surface area is 213 Å². The number of nitrogens with zero attached hydrogens (tertiary/aromatic N) is 3. The highest BCUT2D eigenvalue weighted by atomic mass is 79.9. The van der Waals surface area contributed by atoms with Crippen LogP contribution in [0.4, 0.5) is 0 Å². The Bertz CT molecular complexity index is 1350. The number of aryl methyl sites for hydroxylation is 1. The molecule has 2 aliphatic carbocycles. The molecule has 2 saturated carbocycles. The van der Waals surface area contributed by atoms with Crippen molar-refractivity contribution in [2.75, 3.05) is 13.1 Å². The van der Waals surface area contributed by atoms with Crippen LogP contribution in [-0.2, 0) is 34.6 Å². The molecular formula is C23H26BrN5O5S. The van der Waals surface area contributed by atoms with Gasteiger partial charge in [0.1, 0.15) is 11.5 Å². The van der Waals surface area contributed by atoms with Gasteiger partial charge in [-0.25, -0.2) is 18.7 Å². The molecule has 3 aliphatic rings. The second kappa shape index (κ2) is 8.74. The minimum atomic E-state index is -3.24. The van der Waals surface area contributed by atoms with Gasteiger partial charge in [-0.05, 0) is 49.8 Å². The average Bonchev–Trinajstić information content (AvgIpc) is 3.77. The number of nitrogens with one attached hydrogen (secondary N) is 2. The summed E-state index contributed by atoms with van der Waals surface area (Å²) in [6, 6.07) is 7.42. The maximum absolute atomic E-state index is 13.3. The summed E-state index contributed by atoms with van der Waals surface area (Å²) in [6.07, 6.45) is 3.19. The van der Waals surface area contributed by atoms with Gasteiger partial charge in [-0.15, -0.1) is 0 Å². The second-order valence-corrected chi connectivity index (χ2v) is 13.0. The molecule has 0 bridgehead atoms. The van der Waals surface area contributed by atoms with Crippen LogP contribution in [0.2, 0.25) is 1.41 Å². The van der Waals surface area contributed by atoms with E-state index < -0.39 is 20.6 Å². The minimum absolute atomic E-state index is 0.00714. The number of fused-ring (bicyclic) bond motifs is 1. The van der Waals surface area contributed by atoms with Crippen LogP contribution in [0.25, 0.3) is 0 Å². The molecule has 2 heterocycles. The number of rotatable bonds is 7. The van der Waals surface area contributed by atoms with E-state index in [1.165, 1.54) is 4.68 Å². The molecule has 12 heteroatoms. The van der Waals surface area contributed by atoms with Crippen molar-refractivity contribution in [2.45, 2.75) is 48.5 Å². The van der Waals surface area contributed by atoms with Crippen LogP contribution in [0.15, 0.2) is 28.7 Å². The second-order valence-electron chi connectivity index (χ2n) is 9.44. The van der Waals surface area contributed by atoms with Gasteiger partial charge < -0.3 is 9.74 Å². The molecule has 0 unspecified atom stereocenters. The van der Waals surface area contributed by atoms with Crippen LogP contribution < -0.4 is 5.48 Å². The van der Waals surface area contributed by atoms with Crippen molar-refractivity contribution in [3.05, 3.63) is 51.3 Å². The molecule has 1 aromatic carbocycles. The van der Waals surface area contributed by atoms with E-state index in [0.29, 0.717) is 44.2 Å². The Morgan fingerprint density at radius 3 is 2.69 bits per heavy atom.